The molecule has 1 aromatic heterocycles. The summed E-state index contributed by atoms with van der Waals surface area (Å²) in [5.41, 5.74) is 4.37. The van der Waals surface area contributed by atoms with Gasteiger partial charge in [-0.15, -0.1) is 0 Å². The molecule has 2 heterocycles. The minimum absolute atomic E-state index is 0.147. The molecule has 1 fully saturated rings. The number of phenols is 1. The Morgan fingerprint density at radius 1 is 0.971 bits per heavy atom. The van der Waals surface area contributed by atoms with Gasteiger partial charge in [0.2, 0.25) is 17.8 Å². The number of nitrogens with zero attached hydrogens (tertiary/aromatic N) is 5. The molecular weight excluding hydrogens is 545 g/mol. The summed E-state index contributed by atoms with van der Waals surface area (Å²) in [4.78, 5) is 15.8. The monoisotopic (exact) mass is 567 g/mol. The molecule has 1 aliphatic rings. The Bertz CT molecular complexity index is 1340. The largest absolute Gasteiger partial charge is 0.507 e. The van der Waals surface area contributed by atoms with Gasteiger partial charge in [-0.1, -0.05) is 36.4 Å². The summed E-state index contributed by atoms with van der Waals surface area (Å²) in [7, 11) is 0. The van der Waals surface area contributed by atoms with E-state index in [1.165, 1.54) is 6.21 Å². The van der Waals surface area contributed by atoms with Gasteiger partial charge in [0.25, 0.3) is 0 Å². The average molecular weight is 567 g/mol. The number of rotatable bonds is 6. The van der Waals surface area contributed by atoms with Gasteiger partial charge in [-0.25, -0.2) is 5.43 Å². The van der Waals surface area contributed by atoms with Gasteiger partial charge in [0.15, 0.2) is 0 Å². The van der Waals surface area contributed by atoms with Crippen molar-refractivity contribution in [3.05, 3.63) is 69.8 Å². The van der Waals surface area contributed by atoms with Gasteiger partial charge in [0.05, 0.1) is 19.4 Å². The maximum atomic E-state index is 10.0. The van der Waals surface area contributed by atoms with Crippen molar-refractivity contribution in [2.24, 2.45) is 5.10 Å². The van der Waals surface area contributed by atoms with Crippen LogP contribution in [0.1, 0.15) is 5.56 Å². The van der Waals surface area contributed by atoms with Crippen LogP contribution in [0.5, 0.6) is 5.75 Å². The summed E-state index contributed by atoms with van der Waals surface area (Å²) in [6.07, 6.45) is 1.54. The molecule has 0 atom stereocenters. The number of nitrogens with one attached hydrogen (secondary N) is 2. The number of benzene rings is 3. The molecule has 4 aromatic rings. The minimum Gasteiger partial charge on any atom is -0.507 e. The van der Waals surface area contributed by atoms with E-state index < -0.39 is 0 Å². The molecule has 1 saturated heterocycles. The highest BCUT2D eigenvalue weighted by Gasteiger charge is 2.17. The molecule has 0 aliphatic carbocycles. The molecular formula is C24H22IN7O2. The number of hydrogen-bond acceptors (Lipinski definition) is 9. The van der Waals surface area contributed by atoms with Gasteiger partial charge in [0.1, 0.15) is 5.75 Å². The maximum Gasteiger partial charge on any atom is 0.250 e. The van der Waals surface area contributed by atoms with E-state index in [0.29, 0.717) is 49.7 Å². The number of hydrazone groups is 1. The number of halogens is 1. The van der Waals surface area contributed by atoms with Crippen molar-refractivity contribution in [1.29, 1.82) is 0 Å². The lowest BCUT2D eigenvalue weighted by molar-refractivity contribution is 0.122. The van der Waals surface area contributed by atoms with Crippen LogP contribution in [0.3, 0.4) is 0 Å². The zero-order valence-electron chi connectivity index (χ0n) is 18.1. The van der Waals surface area contributed by atoms with E-state index >= 15 is 0 Å². The van der Waals surface area contributed by atoms with Crippen LogP contribution < -0.4 is 15.6 Å². The van der Waals surface area contributed by atoms with Crippen LogP contribution in [-0.4, -0.2) is 52.6 Å². The molecule has 0 radical (unpaired) electrons. The fourth-order valence-electron chi connectivity index (χ4n) is 3.62. The maximum absolute atomic E-state index is 10.0. The Balaban J connectivity index is 1.45. The molecule has 0 spiro atoms. The number of phenolic OH excluding ortho intramolecular Hbond substituents is 1. The topological polar surface area (TPSA) is 108 Å². The van der Waals surface area contributed by atoms with Crippen molar-refractivity contribution in [3.8, 4) is 5.75 Å². The smallest absolute Gasteiger partial charge is 0.250 e. The van der Waals surface area contributed by atoms with Crippen LogP contribution in [-0.2, 0) is 4.74 Å². The Hall–Kier alpha value is -3.51. The van der Waals surface area contributed by atoms with Crippen molar-refractivity contribution in [3.63, 3.8) is 0 Å². The van der Waals surface area contributed by atoms with Gasteiger partial charge in [-0.3, -0.25) is 0 Å². The molecule has 0 bridgehead atoms. The Morgan fingerprint density at radius 3 is 2.65 bits per heavy atom. The number of hydrogen-bond donors (Lipinski definition) is 3. The lowest BCUT2D eigenvalue weighted by Crippen LogP contribution is -2.37. The van der Waals surface area contributed by atoms with Gasteiger partial charge in [-0.05, 0) is 52.2 Å². The molecule has 5 rings (SSSR count). The highest BCUT2D eigenvalue weighted by atomic mass is 127. The fraction of sp³-hybridized carbons (Fsp3) is 0.167. The third-order valence-electron chi connectivity index (χ3n) is 5.31. The average Bonchev–Trinajstić information content (AvgIpc) is 2.87. The lowest BCUT2D eigenvalue weighted by atomic mass is 10.1. The van der Waals surface area contributed by atoms with Gasteiger partial charge >= 0.3 is 0 Å². The van der Waals surface area contributed by atoms with E-state index in [1.807, 2.05) is 36.4 Å². The molecule has 0 amide bonds. The molecule has 10 heteroatoms. The van der Waals surface area contributed by atoms with Crippen LogP contribution in [0.4, 0.5) is 23.5 Å². The first-order valence-electron chi connectivity index (χ1n) is 10.8. The van der Waals surface area contributed by atoms with Crippen LogP contribution in [0.25, 0.3) is 10.8 Å². The third kappa shape index (κ3) is 5.18. The Morgan fingerprint density at radius 2 is 1.76 bits per heavy atom. The Labute approximate surface area is 210 Å². The van der Waals surface area contributed by atoms with Crippen molar-refractivity contribution in [2.45, 2.75) is 0 Å². The first-order chi connectivity index (χ1) is 16.7. The number of fused-ring (bicyclic) bond motifs is 1. The number of anilines is 4. The third-order valence-corrected chi connectivity index (χ3v) is 5.98. The van der Waals surface area contributed by atoms with Crippen molar-refractivity contribution in [2.75, 3.05) is 41.9 Å². The number of ether oxygens (including phenoxy) is 1. The quantitative estimate of drug-likeness (QED) is 0.179. The first kappa shape index (κ1) is 22.3. The van der Waals surface area contributed by atoms with E-state index in [1.54, 1.807) is 6.07 Å². The van der Waals surface area contributed by atoms with Gasteiger partial charge < -0.3 is 20.1 Å². The molecule has 3 N–H and O–H groups in total. The summed E-state index contributed by atoms with van der Waals surface area (Å²) in [6, 6.07) is 19.5. The zero-order valence-corrected chi connectivity index (χ0v) is 20.3. The highest BCUT2D eigenvalue weighted by Crippen LogP contribution is 2.26. The second kappa shape index (κ2) is 10.2. The lowest BCUT2D eigenvalue weighted by Gasteiger charge is -2.27. The fourth-order valence-corrected chi connectivity index (χ4v) is 4.13. The van der Waals surface area contributed by atoms with E-state index in [2.05, 4.69) is 76.5 Å². The van der Waals surface area contributed by atoms with Crippen LogP contribution >= 0.6 is 22.6 Å². The van der Waals surface area contributed by atoms with E-state index in [-0.39, 0.29) is 5.75 Å². The standard InChI is InChI=1S/C24H22IN7O2/c25-18-8-9-21(33)17(14-18)15-26-31-23-28-22(29-24(30-23)32-10-12-34-13-11-32)27-20-7-3-5-16-4-1-2-6-19(16)20/h1-9,14-15,33H,10-13H2,(H2,27,28,29,30,31)/b26-15+. The van der Waals surface area contributed by atoms with E-state index in [9.17, 15) is 5.11 Å². The predicted octanol–water partition coefficient (Wildman–Crippen LogP) is 4.36. The SMILES string of the molecule is Oc1ccc(I)cc1/C=N/Nc1nc(Nc2cccc3ccccc23)nc(N2CCOCC2)n1. The zero-order chi connectivity index (χ0) is 23.3. The normalized spacial score (nSPS) is 14.0. The van der Waals surface area contributed by atoms with E-state index in [0.717, 1.165) is 20.0 Å². The van der Waals surface area contributed by atoms with Crippen molar-refractivity contribution >= 4 is 63.1 Å². The summed E-state index contributed by atoms with van der Waals surface area (Å²) in [5.74, 6) is 1.38. The predicted molar refractivity (Wildman–Crippen MR) is 142 cm³/mol. The van der Waals surface area contributed by atoms with Crippen molar-refractivity contribution in [1.82, 2.24) is 15.0 Å². The van der Waals surface area contributed by atoms with Crippen LogP contribution in [0, 0.1) is 3.57 Å². The number of aromatic hydroxyl groups is 1. The first-order valence-corrected chi connectivity index (χ1v) is 11.8. The molecule has 9 nitrogen and oxygen atoms in total. The molecule has 1 aliphatic heterocycles. The Kier molecular flexibility index (Phi) is 6.67. The van der Waals surface area contributed by atoms with Gasteiger partial charge in [0, 0.05) is 33.3 Å². The second-order valence-corrected chi connectivity index (χ2v) is 8.85. The summed E-state index contributed by atoms with van der Waals surface area (Å²) < 4.78 is 6.46. The molecule has 0 unspecified atom stereocenters. The molecule has 3 aromatic carbocycles. The van der Waals surface area contributed by atoms with Crippen LogP contribution in [0.15, 0.2) is 65.8 Å². The number of morpholine rings is 1. The summed E-state index contributed by atoms with van der Waals surface area (Å²) >= 11 is 2.18. The van der Waals surface area contributed by atoms with Crippen LogP contribution in [0.2, 0.25) is 0 Å². The molecule has 0 saturated carbocycles. The molecule has 34 heavy (non-hydrogen) atoms. The van der Waals surface area contributed by atoms with Crippen molar-refractivity contribution < 1.29 is 9.84 Å². The highest BCUT2D eigenvalue weighted by molar-refractivity contribution is 14.1. The summed E-state index contributed by atoms with van der Waals surface area (Å²) in [5, 5.41) is 19.8. The summed E-state index contributed by atoms with van der Waals surface area (Å²) in [6.45, 7) is 2.61. The molecule has 172 valence electrons. The minimum atomic E-state index is 0.147. The van der Waals surface area contributed by atoms with E-state index in [4.69, 9.17) is 4.74 Å². The second-order valence-electron chi connectivity index (χ2n) is 7.61. The van der Waals surface area contributed by atoms with Gasteiger partial charge in [-0.2, -0.15) is 20.1 Å². The number of aromatic nitrogens is 3.